The molecule has 1 aliphatic heterocycles. The summed E-state index contributed by atoms with van der Waals surface area (Å²) in [5.41, 5.74) is -1.76. The van der Waals surface area contributed by atoms with Gasteiger partial charge in [-0.3, -0.25) is 0 Å². The number of hydrogen-bond donors (Lipinski definition) is 2. The smallest absolute Gasteiger partial charge is 0.419 e. The summed E-state index contributed by atoms with van der Waals surface area (Å²) in [6.07, 6.45) is -4.90. The van der Waals surface area contributed by atoms with Crippen molar-refractivity contribution >= 4 is 17.8 Å². The van der Waals surface area contributed by atoms with Gasteiger partial charge < -0.3 is 15.2 Å². The number of aromatic nitrogens is 2. The van der Waals surface area contributed by atoms with Crippen LogP contribution in [0, 0.1) is 5.82 Å². The molecule has 0 fully saturated rings. The molecule has 1 atom stereocenters. The molecule has 2 N–H and O–H groups in total. The number of aliphatic carboxylic acids is 1. The number of carboxylic acids is 1. The van der Waals surface area contributed by atoms with Crippen molar-refractivity contribution in [1.82, 2.24) is 9.78 Å². The fourth-order valence-electron chi connectivity index (χ4n) is 3.09. The Kier molecular flexibility index (Phi) is 5.07. The Balaban J connectivity index is 2.16. The lowest BCUT2D eigenvalue weighted by Crippen LogP contribution is -2.28. The van der Waals surface area contributed by atoms with E-state index in [2.05, 4.69) is 10.4 Å². The zero-order chi connectivity index (χ0) is 21.5. The van der Waals surface area contributed by atoms with Crippen LogP contribution in [0.2, 0.25) is 0 Å². The zero-order valence-electron chi connectivity index (χ0n) is 15.2. The third-order valence-corrected chi connectivity index (χ3v) is 4.30. The van der Waals surface area contributed by atoms with Crippen LogP contribution in [0.25, 0.3) is 0 Å². The molecule has 0 aliphatic carbocycles. The molecule has 1 aliphatic rings. The predicted molar refractivity (Wildman–Crippen MR) is 91.7 cm³/mol. The molecule has 2 aromatic rings. The number of alkyl halides is 3. The van der Waals surface area contributed by atoms with E-state index < -0.39 is 35.5 Å². The molecule has 11 heteroatoms. The second kappa shape index (κ2) is 7.22. The van der Waals surface area contributed by atoms with Gasteiger partial charge in [0, 0.05) is 11.8 Å². The first-order valence-corrected chi connectivity index (χ1v) is 8.39. The van der Waals surface area contributed by atoms with E-state index in [9.17, 15) is 32.3 Å². The van der Waals surface area contributed by atoms with Gasteiger partial charge >= 0.3 is 18.1 Å². The number of ether oxygens (including phenoxy) is 1. The van der Waals surface area contributed by atoms with E-state index in [1.807, 2.05) is 0 Å². The van der Waals surface area contributed by atoms with Gasteiger partial charge in [0.2, 0.25) is 0 Å². The van der Waals surface area contributed by atoms with Gasteiger partial charge in [0.1, 0.15) is 17.7 Å². The number of carbonyl (C=O) groups excluding carboxylic acids is 1. The summed E-state index contributed by atoms with van der Waals surface area (Å²) >= 11 is 0. The normalized spacial score (nSPS) is 16.3. The lowest BCUT2D eigenvalue weighted by molar-refractivity contribution is -0.140. The van der Waals surface area contributed by atoms with Gasteiger partial charge in [0.25, 0.3) is 0 Å². The summed E-state index contributed by atoms with van der Waals surface area (Å²) in [4.78, 5) is 23.8. The summed E-state index contributed by atoms with van der Waals surface area (Å²) in [5, 5.41) is 16.4. The number of anilines is 1. The molecule has 0 bridgehead atoms. The number of rotatable bonds is 4. The van der Waals surface area contributed by atoms with Crippen LogP contribution in [0.15, 0.2) is 35.5 Å². The van der Waals surface area contributed by atoms with Gasteiger partial charge in [-0.1, -0.05) is 6.07 Å². The first-order chi connectivity index (χ1) is 13.5. The average molecular weight is 413 g/mol. The molecule has 1 unspecified atom stereocenters. The number of nitrogens with one attached hydrogen (secondary N) is 1. The highest BCUT2D eigenvalue weighted by Gasteiger charge is 2.37. The summed E-state index contributed by atoms with van der Waals surface area (Å²) in [7, 11) is 0. The highest BCUT2D eigenvalue weighted by Crippen LogP contribution is 2.38. The molecule has 1 aromatic carbocycles. The van der Waals surface area contributed by atoms with Crippen molar-refractivity contribution in [2.75, 3.05) is 11.9 Å². The van der Waals surface area contributed by atoms with E-state index in [1.165, 1.54) is 13.0 Å². The molecule has 2 heterocycles. The number of nitrogens with zero attached hydrogens (tertiary/aromatic N) is 2. The Hall–Kier alpha value is -3.37. The quantitative estimate of drug-likeness (QED) is 0.588. The number of benzene rings is 1. The van der Waals surface area contributed by atoms with Crippen molar-refractivity contribution in [3.63, 3.8) is 0 Å². The van der Waals surface area contributed by atoms with Crippen molar-refractivity contribution in [3.05, 3.63) is 58.2 Å². The zero-order valence-corrected chi connectivity index (χ0v) is 15.2. The number of esters is 1. The average Bonchev–Trinajstić information content (AvgIpc) is 3.02. The minimum absolute atomic E-state index is 0.0755. The van der Waals surface area contributed by atoms with Gasteiger partial charge in [-0.15, -0.1) is 0 Å². The van der Waals surface area contributed by atoms with Gasteiger partial charge in [-0.2, -0.15) is 18.3 Å². The largest absolute Gasteiger partial charge is 0.478 e. The fraction of sp³-hybridized carbons (Fsp3) is 0.278. The second-order valence-corrected chi connectivity index (χ2v) is 6.19. The van der Waals surface area contributed by atoms with Crippen LogP contribution in [0.4, 0.5) is 23.4 Å². The highest BCUT2D eigenvalue weighted by atomic mass is 19.4. The van der Waals surface area contributed by atoms with Gasteiger partial charge in [0.05, 0.1) is 17.7 Å². The van der Waals surface area contributed by atoms with E-state index in [1.54, 1.807) is 6.92 Å². The topological polar surface area (TPSA) is 93.5 Å². The summed E-state index contributed by atoms with van der Waals surface area (Å²) in [6.45, 7) is 3.12. The van der Waals surface area contributed by atoms with Crippen LogP contribution in [0.3, 0.4) is 0 Å². The Labute approximate surface area is 161 Å². The second-order valence-electron chi connectivity index (χ2n) is 6.19. The van der Waals surface area contributed by atoms with E-state index in [0.717, 1.165) is 10.7 Å². The van der Waals surface area contributed by atoms with Gasteiger partial charge in [-0.25, -0.2) is 18.7 Å². The van der Waals surface area contributed by atoms with Crippen LogP contribution in [-0.2, 0) is 15.7 Å². The Morgan fingerprint density at radius 2 is 2.00 bits per heavy atom. The first-order valence-electron chi connectivity index (χ1n) is 8.39. The van der Waals surface area contributed by atoms with Gasteiger partial charge in [-0.05, 0) is 31.5 Å². The van der Waals surface area contributed by atoms with Crippen LogP contribution < -0.4 is 5.32 Å². The van der Waals surface area contributed by atoms with Crippen molar-refractivity contribution in [2.24, 2.45) is 0 Å². The number of fused-ring (bicyclic) bond motifs is 1. The molecule has 7 nitrogen and oxygen atoms in total. The molecule has 3 rings (SSSR count). The van der Waals surface area contributed by atoms with Gasteiger partial charge in [0.15, 0.2) is 5.69 Å². The predicted octanol–water partition coefficient (Wildman–Crippen LogP) is 3.59. The number of carboxylic acid groups (broad SMARTS) is 1. The van der Waals surface area contributed by atoms with Crippen molar-refractivity contribution in [3.8, 4) is 0 Å². The Bertz CT molecular complexity index is 1030. The van der Waals surface area contributed by atoms with E-state index >= 15 is 0 Å². The Morgan fingerprint density at radius 1 is 1.31 bits per heavy atom. The number of hydrogen-bond acceptors (Lipinski definition) is 5. The molecule has 0 saturated carbocycles. The standard InChI is InChI=1S/C18H15F4N3O4/c1-3-29-17(28)12-7-13-23-8(2)14(16(26)27)15(25(13)24-12)9-4-5-10(11(19)6-9)18(20,21)22/h4-7,15,23H,3H2,1-2H3,(H,26,27). The number of halogens is 4. The minimum Gasteiger partial charge on any atom is -0.478 e. The summed E-state index contributed by atoms with van der Waals surface area (Å²) in [5.74, 6) is -3.47. The van der Waals surface area contributed by atoms with Crippen molar-refractivity contribution < 1.29 is 37.0 Å². The highest BCUT2D eigenvalue weighted by molar-refractivity contribution is 5.92. The number of carbonyl (C=O) groups is 2. The summed E-state index contributed by atoms with van der Waals surface area (Å²) < 4.78 is 58.7. The van der Waals surface area contributed by atoms with E-state index in [-0.39, 0.29) is 35.0 Å². The molecule has 0 saturated heterocycles. The molecule has 29 heavy (non-hydrogen) atoms. The molecule has 0 radical (unpaired) electrons. The van der Waals surface area contributed by atoms with Crippen LogP contribution >= 0.6 is 0 Å². The first kappa shape index (κ1) is 20.4. The lowest BCUT2D eigenvalue weighted by Gasteiger charge is -2.28. The summed E-state index contributed by atoms with van der Waals surface area (Å²) in [6, 6.07) is 2.19. The van der Waals surface area contributed by atoms with Crippen molar-refractivity contribution in [1.29, 1.82) is 0 Å². The monoisotopic (exact) mass is 413 g/mol. The Morgan fingerprint density at radius 3 is 2.55 bits per heavy atom. The van der Waals surface area contributed by atoms with Crippen molar-refractivity contribution in [2.45, 2.75) is 26.1 Å². The molecular weight excluding hydrogens is 398 g/mol. The van der Waals surface area contributed by atoms with Crippen LogP contribution in [0.1, 0.15) is 41.5 Å². The fourth-order valence-corrected chi connectivity index (χ4v) is 3.09. The molecule has 0 spiro atoms. The molecular formula is C18H15F4N3O4. The maximum absolute atomic E-state index is 14.1. The maximum atomic E-state index is 14.1. The lowest BCUT2D eigenvalue weighted by atomic mass is 9.94. The van der Waals surface area contributed by atoms with Crippen LogP contribution in [0.5, 0.6) is 0 Å². The SMILES string of the molecule is CCOC(=O)c1cc2n(n1)C(c1ccc(C(F)(F)F)c(F)c1)C(C(=O)O)=C(C)N2. The number of allylic oxidation sites excluding steroid dienone is 1. The molecule has 1 aromatic heterocycles. The van der Waals surface area contributed by atoms with E-state index in [0.29, 0.717) is 12.1 Å². The van der Waals surface area contributed by atoms with Crippen LogP contribution in [-0.4, -0.2) is 33.4 Å². The van der Waals surface area contributed by atoms with E-state index in [4.69, 9.17) is 4.74 Å². The minimum atomic E-state index is -4.90. The molecule has 154 valence electrons. The maximum Gasteiger partial charge on any atom is 0.419 e. The molecule has 0 amide bonds. The third kappa shape index (κ3) is 3.67. The third-order valence-electron chi connectivity index (χ3n) is 4.30.